The van der Waals surface area contributed by atoms with E-state index < -0.39 is 0 Å². The van der Waals surface area contributed by atoms with Gasteiger partial charge in [0.2, 0.25) is 5.91 Å². The number of likely N-dealkylation sites (N-methyl/N-ethyl adjacent to an activating group) is 2. The van der Waals surface area contributed by atoms with Crippen LogP contribution in [0, 0.1) is 0 Å². The molecular weight excluding hydrogens is 653 g/mol. The van der Waals surface area contributed by atoms with E-state index in [-0.39, 0.29) is 42.5 Å². The minimum Gasteiger partial charge on any atom is -0.491 e. The third-order valence-electron chi connectivity index (χ3n) is 8.00. The molecule has 1 aliphatic heterocycles. The smallest absolute Gasteiger partial charge is 0.259 e. The molecule has 0 atom stereocenters. The molecule has 12 heteroatoms. The molecule has 0 aliphatic carbocycles. The van der Waals surface area contributed by atoms with Crippen LogP contribution in [0.25, 0.3) is 0 Å². The molecule has 1 saturated heterocycles. The van der Waals surface area contributed by atoms with E-state index in [0.29, 0.717) is 53.6 Å². The summed E-state index contributed by atoms with van der Waals surface area (Å²) >= 11 is 0. The number of carbonyl (C=O) groups is 3. The highest BCUT2D eigenvalue weighted by molar-refractivity contribution is 6.08. The maximum atomic E-state index is 13.4. The number of piperazine rings is 1. The van der Waals surface area contributed by atoms with Crippen LogP contribution in [-0.4, -0.2) is 107 Å². The zero-order chi connectivity index (χ0) is 32.9. The van der Waals surface area contributed by atoms with Crippen molar-refractivity contribution in [2.24, 2.45) is 0 Å². The second-order valence-corrected chi connectivity index (χ2v) is 11.9. The summed E-state index contributed by atoms with van der Waals surface area (Å²) in [5.74, 6) is 0.899. The molecular formula is C36H49Cl2N5O5. The number of unbranched alkanes of at least 4 members (excludes halogenated alkanes) is 2. The zero-order valence-electron chi connectivity index (χ0n) is 28.4. The van der Waals surface area contributed by atoms with E-state index in [1.807, 2.05) is 54.2 Å². The van der Waals surface area contributed by atoms with Crippen molar-refractivity contribution in [3.8, 4) is 11.5 Å². The Morgan fingerprint density at radius 3 is 2.06 bits per heavy atom. The molecule has 1 fully saturated rings. The number of hydrogen-bond donors (Lipinski definition) is 1. The van der Waals surface area contributed by atoms with Crippen LogP contribution < -0.4 is 19.7 Å². The quantitative estimate of drug-likeness (QED) is 0.203. The van der Waals surface area contributed by atoms with Crippen LogP contribution in [0.15, 0.2) is 72.8 Å². The number of ether oxygens (including phenoxy) is 2. The van der Waals surface area contributed by atoms with Crippen molar-refractivity contribution in [2.75, 3.05) is 84.3 Å². The van der Waals surface area contributed by atoms with Gasteiger partial charge in [-0.05, 0) is 88.9 Å². The largest absolute Gasteiger partial charge is 0.491 e. The van der Waals surface area contributed by atoms with Gasteiger partial charge in [0, 0.05) is 57.4 Å². The molecule has 0 spiro atoms. The molecule has 0 aromatic heterocycles. The minimum atomic E-state index is -0.288. The number of anilines is 2. The van der Waals surface area contributed by atoms with Gasteiger partial charge in [0.05, 0.1) is 17.9 Å². The minimum absolute atomic E-state index is 0. The summed E-state index contributed by atoms with van der Waals surface area (Å²) in [6.45, 7) is 5.19. The molecule has 3 aromatic carbocycles. The van der Waals surface area contributed by atoms with Gasteiger partial charge in [0.15, 0.2) is 0 Å². The maximum absolute atomic E-state index is 13.4. The lowest BCUT2D eigenvalue weighted by atomic mass is 10.1. The monoisotopic (exact) mass is 701 g/mol. The summed E-state index contributed by atoms with van der Waals surface area (Å²) in [6, 6.07) is 21.4. The second kappa shape index (κ2) is 20.5. The molecule has 0 radical (unpaired) electrons. The van der Waals surface area contributed by atoms with E-state index in [1.54, 1.807) is 54.4 Å². The lowest BCUT2D eigenvalue weighted by Gasteiger charge is -2.32. The fourth-order valence-corrected chi connectivity index (χ4v) is 5.12. The van der Waals surface area contributed by atoms with Crippen LogP contribution in [0.2, 0.25) is 0 Å². The highest BCUT2D eigenvalue weighted by Crippen LogP contribution is 2.29. The average molecular weight is 703 g/mol. The number of nitrogens with zero attached hydrogens (tertiary/aromatic N) is 4. The molecule has 1 N–H and O–H groups in total. The number of hydrogen-bond acceptors (Lipinski definition) is 7. The molecule has 4 rings (SSSR count). The van der Waals surface area contributed by atoms with Gasteiger partial charge < -0.3 is 34.4 Å². The molecule has 3 amide bonds. The Balaban J connectivity index is 0.00000400. The van der Waals surface area contributed by atoms with Crippen LogP contribution in [0.4, 0.5) is 11.4 Å². The van der Waals surface area contributed by atoms with Crippen LogP contribution >= 0.6 is 24.8 Å². The Bertz CT molecular complexity index is 1450. The van der Waals surface area contributed by atoms with Crippen LogP contribution in [-0.2, 0) is 4.79 Å². The van der Waals surface area contributed by atoms with Crippen LogP contribution in [0.5, 0.6) is 11.5 Å². The number of para-hydroxylation sites is 3. The Hall–Kier alpha value is -3.83. The fourth-order valence-electron chi connectivity index (χ4n) is 5.12. The standard InChI is InChI=1S/C36H47N5O5.2ClH/c1-38(2)25-27-46-32-14-9-7-12-30(32)35(43)37-29-19-17-28(18-20-29)36(44)40(4)31-13-8-10-15-33(31)45-26-11-5-6-16-34(42)41-23-21-39(3)22-24-41;;/h7-10,12-15,17-20H,5-6,11,16,21-27H2,1-4H3,(H,37,43);2*1H. The number of carbonyl (C=O) groups excluding carboxylic acids is 3. The van der Waals surface area contributed by atoms with Gasteiger partial charge in [0.25, 0.3) is 11.8 Å². The first-order valence-electron chi connectivity index (χ1n) is 16.0. The third-order valence-corrected chi connectivity index (χ3v) is 8.00. The highest BCUT2D eigenvalue weighted by atomic mass is 35.5. The van der Waals surface area contributed by atoms with Gasteiger partial charge in [0.1, 0.15) is 18.1 Å². The molecule has 3 aromatic rings. The van der Waals surface area contributed by atoms with E-state index in [9.17, 15) is 14.4 Å². The summed E-state index contributed by atoms with van der Waals surface area (Å²) in [6.07, 6.45) is 3.12. The Morgan fingerprint density at radius 1 is 0.750 bits per heavy atom. The number of halogens is 2. The summed E-state index contributed by atoms with van der Waals surface area (Å²) in [7, 11) is 7.73. The van der Waals surface area contributed by atoms with E-state index in [4.69, 9.17) is 9.47 Å². The van der Waals surface area contributed by atoms with E-state index >= 15 is 0 Å². The van der Waals surface area contributed by atoms with Gasteiger partial charge in [-0.2, -0.15) is 0 Å². The lowest BCUT2D eigenvalue weighted by Crippen LogP contribution is -2.47. The topological polar surface area (TPSA) is 94.7 Å². The first-order chi connectivity index (χ1) is 22.2. The van der Waals surface area contributed by atoms with Gasteiger partial charge in [-0.3, -0.25) is 14.4 Å². The molecule has 10 nitrogen and oxygen atoms in total. The summed E-state index contributed by atoms with van der Waals surface area (Å²) in [5, 5.41) is 2.90. The van der Waals surface area contributed by atoms with Crippen molar-refractivity contribution in [1.82, 2.24) is 14.7 Å². The molecule has 0 saturated carbocycles. The molecule has 48 heavy (non-hydrogen) atoms. The molecule has 262 valence electrons. The van der Waals surface area contributed by atoms with Gasteiger partial charge in [-0.15, -0.1) is 24.8 Å². The van der Waals surface area contributed by atoms with E-state index in [0.717, 1.165) is 52.0 Å². The van der Waals surface area contributed by atoms with Crippen molar-refractivity contribution < 1.29 is 23.9 Å². The predicted molar refractivity (Wildman–Crippen MR) is 197 cm³/mol. The first-order valence-corrected chi connectivity index (χ1v) is 16.0. The number of nitrogens with one attached hydrogen (secondary N) is 1. The fraction of sp³-hybridized carbons (Fsp3) is 0.417. The summed E-state index contributed by atoms with van der Waals surface area (Å²) in [4.78, 5) is 46.7. The van der Waals surface area contributed by atoms with E-state index in [1.165, 1.54) is 0 Å². The van der Waals surface area contributed by atoms with Gasteiger partial charge in [-0.1, -0.05) is 24.3 Å². The van der Waals surface area contributed by atoms with Crippen molar-refractivity contribution >= 4 is 53.9 Å². The summed E-state index contributed by atoms with van der Waals surface area (Å²) in [5.41, 5.74) is 2.16. The predicted octanol–water partition coefficient (Wildman–Crippen LogP) is 5.71. The Labute approximate surface area is 297 Å². The SMILES string of the molecule is CN(C)CCOc1ccccc1C(=O)Nc1ccc(C(=O)N(C)c2ccccc2OCCCCCC(=O)N2CCN(C)CC2)cc1.Cl.Cl. The average Bonchev–Trinajstić information content (AvgIpc) is 3.06. The number of benzene rings is 3. The Morgan fingerprint density at radius 2 is 1.38 bits per heavy atom. The molecule has 1 aliphatic rings. The molecule has 0 unspecified atom stereocenters. The maximum Gasteiger partial charge on any atom is 0.259 e. The third kappa shape index (κ3) is 12.0. The summed E-state index contributed by atoms with van der Waals surface area (Å²) < 4.78 is 11.9. The zero-order valence-corrected chi connectivity index (χ0v) is 30.0. The molecule has 0 bridgehead atoms. The number of amides is 3. The molecule has 1 heterocycles. The van der Waals surface area contributed by atoms with Crippen molar-refractivity contribution in [1.29, 1.82) is 0 Å². The number of rotatable bonds is 15. The van der Waals surface area contributed by atoms with Gasteiger partial charge in [-0.25, -0.2) is 0 Å². The Kier molecular flexibility index (Phi) is 17.2. The normalized spacial score (nSPS) is 12.8. The lowest BCUT2D eigenvalue weighted by molar-refractivity contribution is -0.132. The van der Waals surface area contributed by atoms with Crippen molar-refractivity contribution in [3.63, 3.8) is 0 Å². The van der Waals surface area contributed by atoms with Gasteiger partial charge >= 0.3 is 0 Å². The van der Waals surface area contributed by atoms with E-state index in [2.05, 4.69) is 17.3 Å². The second-order valence-electron chi connectivity index (χ2n) is 11.9. The van der Waals surface area contributed by atoms with Crippen molar-refractivity contribution in [2.45, 2.75) is 25.7 Å². The first kappa shape index (κ1) is 40.3. The highest BCUT2D eigenvalue weighted by Gasteiger charge is 2.20. The van der Waals surface area contributed by atoms with Crippen LogP contribution in [0.3, 0.4) is 0 Å². The van der Waals surface area contributed by atoms with Crippen molar-refractivity contribution in [3.05, 3.63) is 83.9 Å². The van der Waals surface area contributed by atoms with Crippen LogP contribution in [0.1, 0.15) is 46.4 Å².